The second-order valence-corrected chi connectivity index (χ2v) is 7.22. The fraction of sp³-hybridized carbons (Fsp3) is 0.333. The topological polar surface area (TPSA) is 75.2 Å². The van der Waals surface area contributed by atoms with E-state index in [4.69, 9.17) is 4.74 Å². The molecule has 0 amide bonds. The van der Waals surface area contributed by atoms with E-state index in [-0.39, 0.29) is 0 Å². The van der Waals surface area contributed by atoms with Gasteiger partial charge in [0, 0.05) is 18.6 Å². The van der Waals surface area contributed by atoms with Crippen LogP contribution in [0.2, 0.25) is 0 Å². The van der Waals surface area contributed by atoms with Gasteiger partial charge in [-0.05, 0) is 67.5 Å². The van der Waals surface area contributed by atoms with Crippen molar-refractivity contribution in [2.75, 3.05) is 13.2 Å². The summed E-state index contributed by atoms with van der Waals surface area (Å²) < 4.78 is 5.53. The van der Waals surface area contributed by atoms with E-state index >= 15 is 0 Å². The molecule has 2 aromatic carbocycles. The minimum Gasteiger partial charge on any atom is -0.478 e. The Morgan fingerprint density at radius 2 is 2.03 bits per heavy atom. The number of hydrogen-bond donors (Lipinski definition) is 2. The molecule has 0 aliphatic heterocycles. The molecule has 0 saturated carbocycles. The highest BCUT2D eigenvalue weighted by molar-refractivity contribution is 6.00. The first-order valence-corrected chi connectivity index (χ1v) is 10.2. The molecule has 0 atom stereocenters. The Labute approximate surface area is 171 Å². The molecule has 0 spiro atoms. The van der Waals surface area contributed by atoms with Gasteiger partial charge in [-0.25, -0.2) is 4.79 Å². The molecule has 3 aromatic rings. The number of carbonyl (C=O) groups is 1. The Kier molecular flexibility index (Phi) is 7.19. The Bertz CT molecular complexity index is 1000. The van der Waals surface area contributed by atoms with E-state index in [1.54, 1.807) is 12.1 Å². The molecule has 5 heteroatoms. The molecular formula is C24H28N2O3. The number of benzene rings is 2. The number of hydrogen-bond acceptors (Lipinski definition) is 3. The molecule has 5 nitrogen and oxygen atoms in total. The Morgan fingerprint density at radius 3 is 2.83 bits per heavy atom. The van der Waals surface area contributed by atoms with Crippen LogP contribution in [0.15, 0.2) is 36.4 Å². The SMILES string of the molecule is CCCOCCCCc1cccc(/C=C/c2n[nH]c3ccc(C(=O)O)c(C)c23)c1. The zero-order chi connectivity index (χ0) is 20.6. The van der Waals surface area contributed by atoms with Gasteiger partial charge in [-0.1, -0.05) is 37.3 Å². The van der Waals surface area contributed by atoms with E-state index in [1.165, 1.54) is 5.56 Å². The second kappa shape index (κ2) is 10.0. The Balaban J connectivity index is 1.70. The number of ether oxygens (including phenoxy) is 1. The quantitative estimate of drug-likeness (QED) is 0.447. The largest absolute Gasteiger partial charge is 0.478 e. The number of nitrogens with zero attached hydrogens (tertiary/aromatic N) is 1. The van der Waals surface area contributed by atoms with Crippen molar-refractivity contribution in [2.45, 2.75) is 39.5 Å². The average Bonchev–Trinajstić information content (AvgIpc) is 3.13. The highest BCUT2D eigenvalue weighted by atomic mass is 16.5. The fourth-order valence-electron chi connectivity index (χ4n) is 3.47. The van der Waals surface area contributed by atoms with Gasteiger partial charge in [0.1, 0.15) is 0 Å². The van der Waals surface area contributed by atoms with E-state index < -0.39 is 5.97 Å². The molecule has 0 fully saturated rings. The van der Waals surface area contributed by atoms with E-state index in [0.29, 0.717) is 5.56 Å². The number of H-pyrrole nitrogens is 1. The third-order valence-electron chi connectivity index (χ3n) is 4.99. The number of aromatic carboxylic acids is 1. The van der Waals surface area contributed by atoms with E-state index in [2.05, 4.69) is 41.4 Å². The molecular weight excluding hydrogens is 364 g/mol. The van der Waals surface area contributed by atoms with Crippen LogP contribution in [0.5, 0.6) is 0 Å². The zero-order valence-electron chi connectivity index (χ0n) is 17.1. The summed E-state index contributed by atoms with van der Waals surface area (Å²) in [6, 6.07) is 11.8. The zero-order valence-corrected chi connectivity index (χ0v) is 17.1. The Morgan fingerprint density at radius 1 is 1.17 bits per heavy atom. The van der Waals surface area contributed by atoms with Gasteiger partial charge < -0.3 is 9.84 Å². The maximum Gasteiger partial charge on any atom is 0.335 e. The van der Waals surface area contributed by atoms with Crippen molar-refractivity contribution in [1.82, 2.24) is 10.2 Å². The van der Waals surface area contributed by atoms with Crippen LogP contribution < -0.4 is 0 Å². The van der Waals surface area contributed by atoms with Gasteiger partial charge >= 0.3 is 5.97 Å². The van der Waals surface area contributed by atoms with Gasteiger partial charge in [0.25, 0.3) is 0 Å². The van der Waals surface area contributed by atoms with Crippen molar-refractivity contribution in [3.63, 3.8) is 0 Å². The lowest BCUT2D eigenvalue weighted by molar-refractivity contribution is 0.0696. The number of aryl methyl sites for hydroxylation is 2. The maximum atomic E-state index is 11.4. The van der Waals surface area contributed by atoms with Crippen LogP contribution in [0, 0.1) is 6.92 Å². The normalized spacial score (nSPS) is 11.5. The lowest BCUT2D eigenvalue weighted by Gasteiger charge is -2.04. The number of aromatic amines is 1. The summed E-state index contributed by atoms with van der Waals surface area (Å²) in [5, 5.41) is 17.6. The first-order chi connectivity index (χ1) is 14.1. The van der Waals surface area contributed by atoms with Gasteiger partial charge in [-0.15, -0.1) is 0 Å². The summed E-state index contributed by atoms with van der Waals surface area (Å²) in [5.41, 5.74) is 5.03. The van der Waals surface area contributed by atoms with E-state index in [1.807, 2.05) is 19.1 Å². The van der Waals surface area contributed by atoms with Crippen LogP contribution >= 0.6 is 0 Å². The smallest absolute Gasteiger partial charge is 0.335 e. The molecule has 152 valence electrons. The van der Waals surface area contributed by atoms with Crippen molar-refractivity contribution in [3.8, 4) is 0 Å². The van der Waals surface area contributed by atoms with Crippen LogP contribution in [0.4, 0.5) is 0 Å². The lowest BCUT2D eigenvalue weighted by atomic mass is 10.0. The van der Waals surface area contributed by atoms with Crippen molar-refractivity contribution in [2.24, 2.45) is 0 Å². The molecule has 3 rings (SSSR count). The number of carboxylic acids is 1. The summed E-state index contributed by atoms with van der Waals surface area (Å²) in [7, 11) is 0. The molecule has 0 radical (unpaired) electrons. The molecule has 1 heterocycles. The van der Waals surface area contributed by atoms with Crippen LogP contribution in [-0.4, -0.2) is 34.5 Å². The van der Waals surface area contributed by atoms with E-state index in [9.17, 15) is 9.90 Å². The van der Waals surface area contributed by atoms with Crippen molar-refractivity contribution >= 4 is 29.0 Å². The number of nitrogens with one attached hydrogen (secondary N) is 1. The summed E-state index contributed by atoms with van der Waals surface area (Å²) in [6.07, 6.45) is 8.24. The monoisotopic (exact) mass is 392 g/mol. The van der Waals surface area contributed by atoms with E-state index in [0.717, 1.165) is 66.6 Å². The van der Waals surface area contributed by atoms with Gasteiger partial charge in [-0.3, -0.25) is 5.10 Å². The van der Waals surface area contributed by atoms with Gasteiger partial charge in [0.2, 0.25) is 0 Å². The first kappa shape index (κ1) is 20.8. The molecule has 0 unspecified atom stereocenters. The number of fused-ring (bicyclic) bond motifs is 1. The summed E-state index contributed by atoms with van der Waals surface area (Å²) in [4.78, 5) is 11.4. The van der Waals surface area contributed by atoms with Crippen molar-refractivity contribution in [1.29, 1.82) is 0 Å². The third-order valence-corrected chi connectivity index (χ3v) is 4.99. The number of rotatable bonds is 10. The van der Waals surface area contributed by atoms with Crippen LogP contribution in [0.1, 0.15) is 58.9 Å². The third kappa shape index (κ3) is 5.33. The molecule has 29 heavy (non-hydrogen) atoms. The lowest BCUT2D eigenvalue weighted by Crippen LogP contribution is -1.99. The summed E-state index contributed by atoms with van der Waals surface area (Å²) >= 11 is 0. The molecule has 0 aliphatic carbocycles. The molecule has 2 N–H and O–H groups in total. The van der Waals surface area contributed by atoms with Gasteiger partial charge in [0.05, 0.1) is 16.8 Å². The van der Waals surface area contributed by atoms with Crippen LogP contribution in [0.3, 0.4) is 0 Å². The van der Waals surface area contributed by atoms with Crippen LogP contribution in [0.25, 0.3) is 23.1 Å². The van der Waals surface area contributed by atoms with Crippen molar-refractivity contribution in [3.05, 3.63) is 64.3 Å². The molecule has 0 saturated heterocycles. The first-order valence-electron chi connectivity index (χ1n) is 10.2. The summed E-state index contributed by atoms with van der Waals surface area (Å²) in [6.45, 7) is 5.62. The van der Waals surface area contributed by atoms with Gasteiger partial charge in [0.15, 0.2) is 0 Å². The average molecular weight is 392 g/mol. The predicted octanol–water partition coefficient (Wildman–Crippen LogP) is 5.49. The maximum absolute atomic E-state index is 11.4. The standard InChI is InChI=1S/C24H28N2O3/c1-3-14-29-15-5-4-7-18-8-6-9-19(16-18)10-12-21-23-17(2)20(24(27)28)11-13-22(23)26-25-21/h6,8-13,16H,3-5,7,14-15H2,1-2H3,(H,25,26)(H,27,28)/b12-10+. The van der Waals surface area contributed by atoms with Crippen LogP contribution in [-0.2, 0) is 11.2 Å². The summed E-state index contributed by atoms with van der Waals surface area (Å²) in [5.74, 6) is -0.923. The highest BCUT2D eigenvalue weighted by Gasteiger charge is 2.13. The number of unbranched alkanes of at least 4 members (excludes halogenated alkanes) is 1. The number of aromatic nitrogens is 2. The number of carboxylic acid groups (broad SMARTS) is 1. The molecule has 0 bridgehead atoms. The molecule has 0 aliphatic rings. The second-order valence-electron chi connectivity index (χ2n) is 7.22. The van der Waals surface area contributed by atoms with Crippen molar-refractivity contribution < 1.29 is 14.6 Å². The minimum atomic E-state index is -0.923. The Hall–Kier alpha value is -2.92. The fourth-order valence-corrected chi connectivity index (χ4v) is 3.47. The highest BCUT2D eigenvalue weighted by Crippen LogP contribution is 2.25. The minimum absolute atomic E-state index is 0.304. The van der Waals surface area contributed by atoms with Gasteiger partial charge in [-0.2, -0.15) is 5.10 Å². The predicted molar refractivity (Wildman–Crippen MR) is 117 cm³/mol. The molecule has 1 aromatic heterocycles.